The average molecular weight is 711 g/mol. The fraction of sp³-hybridized carbons (Fsp3) is 0.390. The summed E-state index contributed by atoms with van der Waals surface area (Å²) in [4.78, 5) is 31.6. The van der Waals surface area contributed by atoms with E-state index in [9.17, 15) is 9.59 Å². The van der Waals surface area contributed by atoms with Crippen LogP contribution in [0.15, 0.2) is 117 Å². The van der Waals surface area contributed by atoms with Crippen molar-refractivity contribution in [1.82, 2.24) is 10.6 Å². The zero-order chi connectivity index (χ0) is 34.3. The second-order valence-electron chi connectivity index (χ2n) is 14.2. The summed E-state index contributed by atoms with van der Waals surface area (Å²) < 4.78 is 6.68. The van der Waals surface area contributed by atoms with E-state index in [1.165, 1.54) is 16.7 Å². The highest BCUT2D eigenvalue weighted by atomic mass is 79.9. The van der Waals surface area contributed by atoms with Gasteiger partial charge in [-0.25, -0.2) is 4.79 Å². The van der Waals surface area contributed by atoms with Gasteiger partial charge in [-0.3, -0.25) is 9.79 Å². The van der Waals surface area contributed by atoms with Gasteiger partial charge in [0.1, 0.15) is 16.8 Å². The number of allylic oxidation sites excluding steroid dienone is 7. The second kappa shape index (κ2) is 16.0. The van der Waals surface area contributed by atoms with Gasteiger partial charge in [0.05, 0.1) is 6.04 Å². The Morgan fingerprint density at radius 2 is 1.71 bits per heavy atom. The molecular formula is C41H48BrN3O3. The molecule has 5 rings (SSSR count). The van der Waals surface area contributed by atoms with Gasteiger partial charge in [-0.2, -0.15) is 0 Å². The zero-order valence-electron chi connectivity index (χ0n) is 28.9. The number of hydrogen-bond donors (Lipinski definition) is 2. The molecule has 1 heterocycles. The maximum absolute atomic E-state index is 13.3. The number of carbonyl (C=O) groups excluding carboxylic acids is 2. The van der Waals surface area contributed by atoms with Crippen LogP contribution in [0.1, 0.15) is 83.4 Å². The Kier molecular flexibility index (Phi) is 11.7. The number of urea groups is 1. The van der Waals surface area contributed by atoms with Crippen LogP contribution in [0.5, 0.6) is 0 Å². The Hall–Kier alpha value is -3.97. The summed E-state index contributed by atoms with van der Waals surface area (Å²) in [5.74, 6) is 0.418. The summed E-state index contributed by atoms with van der Waals surface area (Å²) in [5.41, 5.74) is 8.73. The van der Waals surface area contributed by atoms with Crippen LogP contribution in [-0.2, 0) is 29.1 Å². The fourth-order valence-electron chi connectivity index (χ4n) is 6.29. The number of carbonyl (C=O) groups is 2. The second-order valence-corrected chi connectivity index (χ2v) is 15.0. The van der Waals surface area contributed by atoms with E-state index in [2.05, 4.69) is 78.5 Å². The third-order valence-corrected chi connectivity index (χ3v) is 10.0. The quantitative estimate of drug-likeness (QED) is 0.244. The number of aliphatic imine (C=N–C) groups is 1. The number of amides is 2. The number of nitrogens with one attached hydrogen (secondary N) is 2. The lowest BCUT2D eigenvalue weighted by atomic mass is 9.85. The number of ether oxygens (including phenoxy) is 1. The molecule has 0 fully saturated rings. The number of aryl methyl sites for hydroxylation is 1. The lowest BCUT2D eigenvalue weighted by molar-refractivity contribution is -0.118. The first-order valence-corrected chi connectivity index (χ1v) is 17.8. The minimum Gasteiger partial charge on any atom is -0.488 e. The molecule has 0 saturated heterocycles. The molecule has 48 heavy (non-hydrogen) atoms. The number of dihydropyridines is 1. The molecule has 2 N–H and O–H groups in total. The summed E-state index contributed by atoms with van der Waals surface area (Å²) in [6, 6.07) is 18.0. The molecule has 2 aliphatic carbocycles. The number of rotatable bonds is 11. The van der Waals surface area contributed by atoms with Crippen molar-refractivity contribution in [2.45, 2.75) is 92.3 Å². The first kappa shape index (κ1) is 35.3. The van der Waals surface area contributed by atoms with E-state index in [1.807, 2.05) is 61.5 Å². The fourth-order valence-corrected chi connectivity index (χ4v) is 6.80. The lowest BCUT2D eigenvalue weighted by Gasteiger charge is -2.29. The van der Waals surface area contributed by atoms with Gasteiger partial charge in [0.15, 0.2) is 5.78 Å². The summed E-state index contributed by atoms with van der Waals surface area (Å²) in [6.45, 7) is 11.3. The lowest BCUT2D eigenvalue weighted by Crippen LogP contribution is -2.37. The predicted octanol–water partition coefficient (Wildman–Crippen LogP) is 9.59. The first-order valence-electron chi connectivity index (χ1n) is 17.0. The Morgan fingerprint density at radius 3 is 2.42 bits per heavy atom. The highest BCUT2D eigenvalue weighted by Gasteiger charge is 2.30. The molecule has 0 saturated carbocycles. The van der Waals surface area contributed by atoms with Crippen molar-refractivity contribution in [3.8, 4) is 0 Å². The monoisotopic (exact) mass is 709 g/mol. The van der Waals surface area contributed by atoms with E-state index in [0.717, 1.165) is 60.2 Å². The molecule has 2 aromatic carbocycles. The Morgan fingerprint density at radius 1 is 0.979 bits per heavy atom. The van der Waals surface area contributed by atoms with Gasteiger partial charge in [-0.05, 0) is 90.7 Å². The van der Waals surface area contributed by atoms with Gasteiger partial charge >= 0.3 is 6.03 Å². The van der Waals surface area contributed by atoms with E-state index in [1.54, 1.807) is 0 Å². The van der Waals surface area contributed by atoms with E-state index < -0.39 is 0 Å². The molecule has 0 radical (unpaired) electrons. The van der Waals surface area contributed by atoms with E-state index in [4.69, 9.17) is 9.73 Å². The van der Waals surface area contributed by atoms with Gasteiger partial charge in [0.2, 0.25) is 0 Å². The van der Waals surface area contributed by atoms with Crippen LogP contribution in [0.2, 0.25) is 0 Å². The summed E-state index contributed by atoms with van der Waals surface area (Å²) in [6.07, 6.45) is 13.8. The summed E-state index contributed by atoms with van der Waals surface area (Å²) in [5, 5.41) is 6.16. The van der Waals surface area contributed by atoms with Crippen LogP contribution in [0.25, 0.3) is 0 Å². The van der Waals surface area contributed by atoms with Crippen LogP contribution < -0.4 is 10.6 Å². The number of hydrogen-bond acceptors (Lipinski definition) is 4. The molecule has 2 amide bonds. The molecule has 0 aromatic heterocycles. The van der Waals surface area contributed by atoms with Gasteiger partial charge < -0.3 is 15.4 Å². The van der Waals surface area contributed by atoms with Gasteiger partial charge in [0, 0.05) is 35.7 Å². The Balaban J connectivity index is 1.17. The third-order valence-electron chi connectivity index (χ3n) is 9.24. The minimum absolute atomic E-state index is 0.0499. The van der Waals surface area contributed by atoms with Crippen LogP contribution >= 0.6 is 15.9 Å². The summed E-state index contributed by atoms with van der Waals surface area (Å²) in [7, 11) is 0. The molecule has 6 nitrogen and oxygen atoms in total. The number of benzene rings is 2. The SMILES string of the molecule is CC1=CC=C(CC2CC(NC(=O)NCc3ccccc3COC3=C(Br)C(=O)C(CCc4ccccc4)C(C)=C3)=CC(C(C)(C)C)=N2)CC1. The molecule has 1 aliphatic heterocycles. The van der Waals surface area contributed by atoms with Crippen LogP contribution in [0, 0.1) is 11.3 Å². The molecular weight excluding hydrogens is 662 g/mol. The number of nitrogens with zero attached hydrogens (tertiary/aromatic N) is 1. The number of Topliss-reactive ketones (excluding diaryl/α,β-unsaturated/α-hetero) is 1. The van der Waals surface area contributed by atoms with Crippen molar-refractivity contribution in [3.63, 3.8) is 0 Å². The molecule has 252 valence electrons. The van der Waals surface area contributed by atoms with E-state index in [-0.39, 0.29) is 35.8 Å². The van der Waals surface area contributed by atoms with Gasteiger partial charge in [0.25, 0.3) is 0 Å². The topological polar surface area (TPSA) is 79.8 Å². The zero-order valence-corrected chi connectivity index (χ0v) is 30.5. The van der Waals surface area contributed by atoms with E-state index in [0.29, 0.717) is 23.2 Å². The van der Waals surface area contributed by atoms with Crippen molar-refractivity contribution >= 4 is 33.5 Å². The maximum atomic E-state index is 13.3. The van der Waals surface area contributed by atoms with E-state index >= 15 is 0 Å². The molecule has 2 unspecified atom stereocenters. The number of halogens is 1. The van der Waals surface area contributed by atoms with Crippen molar-refractivity contribution in [1.29, 1.82) is 0 Å². The predicted molar refractivity (Wildman–Crippen MR) is 199 cm³/mol. The maximum Gasteiger partial charge on any atom is 0.319 e. The molecule has 2 atom stereocenters. The Bertz CT molecular complexity index is 1700. The van der Waals surface area contributed by atoms with Crippen molar-refractivity contribution in [3.05, 3.63) is 128 Å². The highest BCUT2D eigenvalue weighted by molar-refractivity contribution is 9.12. The molecule has 2 aromatic rings. The molecule has 3 aliphatic rings. The third kappa shape index (κ3) is 9.56. The first-order chi connectivity index (χ1) is 23.0. The van der Waals surface area contributed by atoms with Gasteiger partial charge in [-0.15, -0.1) is 0 Å². The van der Waals surface area contributed by atoms with Gasteiger partial charge in [-0.1, -0.05) is 104 Å². The molecule has 0 spiro atoms. The smallest absolute Gasteiger partial charge is 0.319 e. The summed E-state index contributed by atoms with van der Waals surface area (Å²) >= 11 is 3.53. The van der Waals surface area contributed by atoms with Crippen molar-refractivity contribution < 1.29 is 14.3 Å². The largest absolute Gasteiger partial charge is 0.488 e. The van der Waals surface area contributed by atoms with Crippen LogP contribution in [-0.4, -0.2) is 23.6 Å². The van der Waals surface area contributed by atoms with Crippen LogP contribution in [0.3, 0.4) is 0 Å². The Labute approximate surface area is 294 Å². The highest BCUT2D eigenvalue weighted by Crippen LogP contribution is 2.34. The number of ketones is 1. The normalized spacial score (nSPS) is 19.9. The van der Waals surface area contributed by atoms with Crippen molar-refractivity contribution in [2.24, 2.45) is 16.3 Å². The molecule has 7 heteroatoms. The standard InChI is InChI=1S/C41H48BrN3O3/c1-27-15-17-30(18-16-27)22-33-23-34(24-37(44-33)41(3,4)5)45-40(47)43-25-31-13-9-10-14-32(31)26-48-36-21-28(2)35(39(46)38(36)42)20-19-29-11-7-6-8-12-29/h6-15,17,21,24,33,35H,16,18-20,22-23,25-26H2,1-5H3,(H2,43,45,47). The molecule has 0 bridgehead atoms. The average Bonchev–Trinajstić information content (AvgIpc) is 3.06. The van der Waals surface area contributed by atoms with Crippen LogP contribution in [0.4, 0.5) is 4.79 Å². The van der Waals surface area contributed by atoms with Crippen molar-refractivity contribution in [2.75, 3.05) is 0 Å². The minimum atomic E-state index is -0.246.